The van der Waals surface area contributed by atoms with Crippen LogP contribution in [0.25, 0.3) is 0 Å². The van der Waals surface area contributed by atoms with Gasteiger partial charge in [-0.25, -0.2) is 13.1 Å². The van der Waals surface area contributed by atoms with Gasteiger partial charge in [-0.3, -0.25) is 4.98 Å². The maximum Gasteiger partial charge on any atom is 0.240 e. The van der Waals surface area contributed by atoms with Gasteiger partial charge in [0, 0.05) is 30.5 Å². The molecule has 2 rings (SSSR count). The molecule has 0 aliphatic rings. The lowest BCUT2D eigenvalue weighted by Gasteiger charge is -2.09. The average Bonchev–Trinajstić information content (AvgIpc) is 2.48. The molecule has 0 fully saturated rings. The van der Waals surface area contributed by atoms with Crippen molar-refractivity contribution in [2.24, 2.45) is 0 Å². The van der Waals surface area contributed by atoms with Crippen molar-refractivity contribution in [1.82, 2.24) is 15.0 Å². The van der Waals surface area contributed by atoms with E-state index in [1.807, 2.05) is 0 Å². The molecule has 2 aromatic rings. The number of benzene rings is 1. The van der Waals surface area contributed by atoms with E-state index in [-0.39, 0.29) is 11.4 Å². The third-order valence-corrected chi connectivity index (χ3v) is 4.64. The molecule has 1 heterocycles. The van der Waals surface area contributed by atoms with Crippen LogP contribution >= 0.6 is 11.6 Å². The molecule has 0 unspecified atom stereocenters. The van der Waals surface area contributed by atoms with Crippen LogP contribution < -0.4 is 10.0 Å². The van der Waals surface area contributed by atoms with Crippen molar-refractivity contribution in [3.8, 4) is 0 Å². The fourth-order valence-corrected chi connectivity index (χ4v) is 3.15. The van der Waals surface area contributed by atoms with E-state index >= 15 is 0 Å². The maximum atomic E-state index is 12.2. The van der Waals surface area contributed by atoms with E-state index in [9.17, 15) is 8.42 Å². The van der Waals surface area contributed by atoms with Gasteiger partial charge in [-0.1, -0.05) is 23.7 Å². The smallest absolute Gasteiger partial charge is 0.240 e. The average molecular weight is 326 g/mol. The minimum Gasteiger partial charge on any atom is -0.316 e. The summed E-state index contributed by atoms with van der Waals surface area (Å²) >= 11 is 6.09. The molecule has 0 bridgehead atoms. The summed E-state index contributed by atoms with van der Waals surface area (Å²) in [5.41, 5.74) is 1.64. The number of rotatable bonds is 6. The van der Waals surface area contributed by atoms with Crippen LogP contribution in [-0.4, -0.2) is 20.4 Å². The molecule has 0 amide bonds. The fraction of sp³-hybridized carbons (Fsp3) is 0.214. The van der Waals surface area contributed by atoms with E-state index in [1.165, 1.54) is 6.07 Å². The molecule has 0 aliphatic carbocycles. The van der Waals surface area contributed by atoms with Gasteiger partial charge in [0.2, 0.25) is 10.0 Å². The second kappa shape index (κ2) is 7.00. The summed E-state index contributed by atoms with van der Waals surface area (Å²) in [7, 11) is -1.79. The van der Waals surface area contributed by atoms with E-state index in [0.717, 1.165) is 11.1 Å². The van der Waals surface area contributed by atoms with Gasteiger partial charge in [-0.05, 0) is 36.4 Å². The molecule has 2 N–H and O–H groups in total. The van der Waals surface area contributed by atoms with Crippen LogP contribution in [0.2, 0.25) is 5.02 Å². The third-order valence-electron chi connectivity index (χ3n) is 2.89. The summed E-state index contributed by atoms with van der Waals surface area (Å²) in [6.45, 7) is 0.772. The van der Waals surface area contributed by atoms with Gasteiger partial charge in [0.05, 0.1) is 4.90 Å². The Hall–Kier alpha value is -1.47. The Labute approximate surface area is 129 Å². The van der Waals surface area contributed by atoms with E-state index in [2.05, 4.69) is 15.0 Å². The molecule has 5 nitrogen and oxygen atoms in total. The van der Waals surface area contributed by atoms with E-state index in [4.69, 9.17) is 11.6 Å². The van der Waals surface area contributed by atoms with Crippen molar-refractivity contribution in [3.63, 3.8) is 0 Å². The minimum absolute atomic E-state index is 0.149. The van der Waals surface area contributed by atoms with Crippen molar-refractivity contribution in [2.75, 3.05) is 7.05 Å². The maximum absolute atomic E-state index is 12.2. The molecule has 0 saturated carbocycles. The molecule has 1 aromatic carbocycles. The summed E-state index contributed by atoms with van der Waals surface area (Å²) in [5, 5.41) is 3.40. The van der Waals surface area contributed by atoms with Gasteiger partial charge in [0.1, 0.15) is 0 Å². The monoisotopic (exact) mass is 325 g/mol. The van der Waals surface area contributed by atoms with Gasteiger partial charge in [0.15, 0.2) is 0 Å². The summed E-state index contributed by atoms with van der Waals surface area (Å²) in [6, 6.07) is 8.27. The number of pyridine rings is 1. The van der Waals surface area contributed by atoms with Crippen LogP contribution in [0.5, 0.6) is 0 Å². The largest absolute Gasteiger partial charge is 0.316 e. The van der Waals surface area contributed by atoms with Crippen LogP contribution in [-0.2, 0) is 23.1 Å². The molecule has 7 heteroatoms. The summed E-state index contributed by atoms with van der Waals surface area (Å²) in [5.74, 6) is 0. The lowest BCUT2D eigenvalue weighted by Crippen LogP contribution is -2.23. The Balaban J connectivity index is 2.14. The van der Waals surface area contributed by atoms with Crippen LogP contribution in [0, 0.1) is 0 Å². The van der Waals surface area contributed by atoms with Crippen molar-refractivity contribution in [2.45, 2.75) is 18.0 Å². The predicted octanol–water partition coefficient (Wildman–Crippen LogP) is 1.93. The van der Waals surface area contributed by atoms with Crippen LogP contribution in [0.3, 0.4) is 0 Å². The van der Waals surface area contributed by atoms with E-state index in [0.29, 0.717) is 11.6 Å². The standard InChI is InChI=1S/C14H16ClN3O2S/c1-16-10-12-4-5-13(7-14(12)15)21(19,20)18-9-11-3-2-6-17-8-11/h2-8,16,18H,9-10H2,1H3. The lowest BCUT2D eigenvalue weighted by molar-refractivity contribution is 0.581. The zero-order valence-electron chi connectivity index (χ0n) is 11.5. The summed E-state index contributed by atoms with van der Waals surface area (Å²) in [4.78, 5) is 4.09. The first kappa shape index (κ1) is 15.9. The normalized spacial score (nSPS) is 11.5. The van der Waals surface area contributed by atoms with Crippen molar-refractivity contribution >= 4 is 21.6 Å². The minimum atomic E-state index is -3.60. The highest BCUT2D eigenvalue weighted by Gasteiger charge is 2.15. The second-order valence-corrected chi connectivity index (χ2v) is 6.64. The number of hydrogen-bond donors (Lipinski definition) is 2. The molecule has 112 valence electrons. The topological polar surface area (TPSA) is 71.1 Å². The molecule has 1 aromatic heterocycles. The Kier molecular flexibility index (Phi) is 5.30. The van der Waals surface area contributed by atoms with Crippen LogP contribution in [0.15, 0.2) is 47.6 Å². The van der Waals surface area contributed by atoms with Crippen molar-refractivity contribution < 1.29 is 8.42 Å². The SMILES string of the molecule is CNCc1ccc(S(=O)(=O)NCc2cccnc2)cc1Cl. The predicted molar refractivity (Wildman–Crippen MR) is 82.5 cm³/mol. The Bertz CT molecular complexity index is 705. The first-order chi connectivity index (χ1) is 10.0. The van der Waals surface area contributed by atoms with E-state index in [1.54, 1.807) is 43.7 Å². The molecular weight excluding hydrogens is 310 g/mol. The van der Waals surface area contributed by atoms with Gasteiger partial charge in [-0.15, -0.1) is 0 Å². The van der Waals surface area contributed by atoms with Crippen LogP contribution in [0.1, 0.15) is 11.1 Å². The fourth-order valence-electron chi connectivity index (χ4n) is 1.79. The Morgan fingerprint density at radius 1 is 1.24 bits per heavy atom. The Morgan fingerprint density at radius 3 is 2.67 bits per heavy atom. The Morgan fingerprint density at radius 2 is 2.05 bits per heavy atom. The summed E-state index contributed by atoms with van der Waals surface area (Å²) in [6.07, 6.45) is 3.25. The molecule has 0 spiro atoms. The van der Waals surface area contributed by atoms with Gasteiger partial charge < -0.3 is 5.32 Å². The number of sulfonamides is 1. The number of hydrogen-bond acceptors (Lipinski definition) is 4. The van der Waals surface area contributed by atoms with Gasteiger partial charge >= 0.3 is 0 Å². The first-order valence-corrected chi connectivity index (χ1v) is 8.20. The molecular formula is C14H16ClN3O2S. The van der Waals surface area contributed by atoms with Gasteiger partial charge in [-0.2, -0.15) is 0 Å². The van der Waals surface area contributed by atoms with Gasteiger partial charge in [0.25, 0.3) is 0 Å². The number of halogens is 1. The van der Waals surface area contributed by atoms with Crippen molar-refractivity contribution in [1.29, 1.82) is 0 Å². The molecule has 0 radical (unpaired) electrons. The zero-order chi connectivity index (χ0) is 15.3. The highest BCUT2D eigenvalue weighted by Crippen LogP contribution is 2.20. The zero-order valence-corrected chi connectivity index (χ0v) is 13.1. The number of nitrogens with zero attached hydrogens (tertiary/aromatic N) is 1. The highest BCUT2D eigenvalue weighted by atomic mass is 35.5. The van der Waals surface area contributed by atoms with E-state index < -0.39 is 10.0 Å². The number of aromatic nitrogens is 1. The quantitative estimate of drug-likeness (QED) is 0.851. The van der Waals surface area contributed by atoms with Crippen LogP contribution in [0.4, 0.5) is 0 Å². The highest BCUT2D eigenvalue weighted by molar-refractivity contribution is 7.89. The van der Waals surface area contributed by atoms with Crippen molar-refractivity contribution in [3.05, 3.63) is 58.9 Å². The molecule has 21 heavy (non-hydrogen) atoms. The molecule has 0 saturated heterocycles. The summed E-state index contributed by atoms with van der Waals surface area (Å²) < 4.78 is 27.0. The first-order valence-electron chi connectivity index (χ1n) is 6.34. The third kappa shape index (κ3) is 4.25. The number of nitrogens with one attached hydrogen (secondary N) is 2. The molecule has 0 atom stereocenters. The molecule has 0 aliphatic heterocycles. The second-order valence-electron chi connectivity index (χ2n) is 4.47. The lowest BCUT2D eigenvalue weighted by atomic mass is 10.2.